The third-order valence-electron chi connectivity index (χ3n) is 4.99. The van der Waals surface area contributed by atoms with E-state index in [1.807, 2.05) is 30.3 Å². The van der Waals surface area contributed by atoms with Gasteiger partial charge in [-0.2, -0.15) is 0 Å². The van der Waals surface area contributed by atoms with Crippen LogP contribution in [0.25, 0.3) is 6.08 Å². The SMILES string of the molecule is CN1C(=O)/C(=C/c2ccc(OCc3ccc(Cl)cc3Cl)c(I)c2)SC1=Nc1ccc(C(=O)O)cc1. The molecule has 1 heterocycles. The van der Waals surface area contributed by atoms with Gasteiger partial charge in [-0.1, -0.05) is 35.3 Å². The van der Waals surface area contributed by atoms with Crippen LogP contribution in [0.1, 0.15) is 21.5 Å². The lowest BCUT2D eigenvalue weighted by molar-refractivity contribution is -0.121. The van der Waals surface area contributed by atoms with Gasteiger partial charge in [-0.3, -0.25) is 9.69 Å². The predicted octanol–water partition coefficient (Wildman–Crippen LogP) is 7.11. The lowest BCUT2D eigenvalue weighted by Crippen LogP contribution is -2.23. The predicted molar refractivity (Wildman–Crippen MR) is 149 cm³/mol. The zero-order valence-electron chi connectivity index (χ0n) is 18.2. The quantitative estimate of drug-likeness (QED) is 0.230. The molecular weight excluding hydrogens is 622 g/mol. The molecule has 0 atom stereocenters. The first-order valence-electron chi connectivity index (χ1n) is 10.2. The summed E-state index contributed by atoms with van der Waals surface area (Å²) in [5.74, 6) is -0.464. The molecule has 6 nitrogen and oxygen atoms in total. The average molecular weight is 639 g/mol. The van der Waals surface area contributed by atoms with E-state index in [2.05, 4.69) is 27.6 Å². The Kier molecular flexibility index (Phi) is 8.05. The zero-order valence-corrected chi connectivity index (χ0v) is 22.7. The number of aliphatic imine (C=N–C) groups is 1. The summed E-state index contributed by atoms with van der Waals surface area (Å²) < 4.78 is 6.81. The van der Waals surface area contributed by atoms with Gasteiger partial charge >= 0.3 is 5.97 Å². The molecule has 1 amide bonds. The Morgan fingerprint density at radius 1 is 1.14 bits per heavy atom. The van der Waals surface area contributed by atoms with E-state index in [1.165, 1.54) is 28.8 Å². The fourth-order valence-corrected chi connectivity index (χ4v) is 5.26. The maximum Gasteiger partial charge on any atom is 0.335 e. The molecule has 0 aromatic heterocycles. The van der Waals surface area contributed by atoms with Crippen molar-refractivity contribution >= 4 is 86.4 Å². The topological polar surface area (TPSA) is 79.2 Å². The maximum atomic E-state index is 12.8. The van der Waals surface area contributed by atoms with Gasteiger partial charge in [0.25, 0.3) is 5.91 Å². The number of rotatable bonds is 6. The van der Waals surface area contributed by atoms with Crippen molar-refractivity contribution in [1.29, 1.82) is 0 Å². The number of carbonyl (C=O) groups is 2. The molecule has 4 rings (SSSR count). The van der Waals surface area contributed by atoms with Crippen molar-refractivity contribution in [2.45, 2.75) is 6.61 Å². The molecule has 3 aromatic carbocycles. The number of likely N-dealkylation sites (N-methyl/N-ethyl adjacent to an activating group) is 1. The van der Waals surface area contributed by atoms with Gasteiger partial charge in [0, 0.05) is 22.7 Å². The Labute approximate surface area is 229 Å². The molecule has 0 bridgehead atoms. The van der Waals surface area contributed by atoms with E-state index < -0.39 is 5.97 Å². The van der Waals surface area contributed by atoms with Crippen LogP contribution in [0.3, 0.4) is 0 Å². The molecule has 3 aromatic rings. The smallest absolute Gasteiger partial charge is 0.335 e. The van der Waals surface area contributed by atoms with E-state index in [-0.39, 0.29) is 11.5 Å². The van der Waals surface area contributed by atoms with Crippen LogP contribution in [0.15, 0.2) is 70.6 Å². The first-order chi connectivity index (χ1) is 16.7. The van der Waals surface area contributed by atoms with E-state index in [0.29, 0.717) is 38.2 Å². The minimum absolute atomic E-state index is 0.163. The minimum atomic E-state index is -1.00. The number of ether oxygens (including phenoxy) is 1. The molecule has 1 fully saturated rings. The highest BCUT2D eigenvalue weighted by Crippen LogP contribution is 2.34. The highest BCUT2D eigenvalue weighted by Gasteiger charge is 2.30. The van der Waals surface area contributed by atoms with Crippen LogP contribution in [0.5, 0.6) is 5.75 Å². The van der Waals surface area contributed by atoms with Crippen molar-refractivity contribution in [3.63, 3.8) is 0 Å². The number of carboxylic acids is 1. The van der Waals surface area contributed by atoms with Gasteiger partial charge in [0.05, 0.1) is 19.7 Å². The van der Waals surface area contributed by atoms with E-state index in [1.54, 1.807) is 31.3 Å². The minimum Gasteiger partial charge on any atom is -0.488 e. The molecule has 35 heavy (non-hydrogen) atoms. The van der Waals surface area contributed by atoms with Gasteiger partial charge < -0.3 is 9.84 Å². The van der Waals surface area contributed by atoms with E-state index >= 15 is 0 Å². The number of amides is 1. The Morgan fingerprint density at radius 3 is 2.54 bits per heavy atom. The Bertz CT molecular complexity index is 1380. The standard InChI is InChI=1S/C25H17Cl2IN2O4S/c1-30-23(31)22(35-25(30)29-18-7-4-15(5-8-18)24(32)33)11-14-2-9-21(20(28)10-14)34-13-16-3-6-17(26)12-19(16)27/h2-12H,13H2,1H3,(H,32,33)/b22-11-,29-25?. The van der Waals surface area contributed by atoms with Gasteiger partial charge in [0.2, 0.25) is 0 Å². The van der Waals surface area contributed by atoms with E-state index in [4.69, 9.17) is 33.0 Å². The zero-order chi connectivity index (χ0) is 25.1. The van der Waals surface area contributed by atoms with Gasteiger partial charge in [-0.15, -0.1) is 0 Å². The number of aromatic carboxylic acids is 1. The van der Waals surface area contributed by atoms with Crippen LogP contribution in [0, 0.1) is 3.57 Å². The number of benzene rings is 3. The molecule has 0 spiro atoms. The number of hydrogen-bond donors (Lipinski definition) is 1. The molecule has 0 radical (unpaired) electrons. The number of hydrogen-bond acceptors (Lipinski definition) is 5. The summed E-state index contributed by atoms with van der Waals surface area (Å²) in [5.41, 5.74) is 2.42. The first kappa shape index (κ1) is 25.6. The Morgan fingerprint density at radius 2 is 1.89 bits per heavy atom. The van der Waals surface area contributed by atoms with Gasteiger partial charge in [-0.05, 0) is 94.5 Å². The molecule has 1 aliphatic rings. The highest BCUT2D eigenvalue weighted by atomic mass is 127. The average Bonchev–Trinajstić information content (AvgIpc) is 3.07. The van der Waals surface area contributed by atoms with Gasteiger partial charge in [-0.25, -0.2) is 9.79 Å². The lowest BCUT2D eigenvalue weighted by atomic mass is 10.2. The Hall–Kier alpha value is -2.53. The second-order valence-electron chi connectivity index (χ2n) is 7.44. The van der Waals surface area contributed by atoms with Crippen molar-refractivity contribution in [2.75, 3.05) is 7.05 Å². The third-order valence-corrected chi connectivity index (χ3v) is 7.48. The summed E-state index contributed by atoms with van der Waals surface area (Å²) in [5, 5.41) is 10.7. The third kappa shape index (κ3) is 6.19. The molecular formula is C25H17Cl2IN2O4S. The molecule has 178 valence electrons. The van der Waals surface area contributed by atoms with Crippen LogP contribution in [0.4, 0.5) is 5.69 Å². The van der Waals surface area contributed by atoms with Crippen molar-refractivity contribution in [3.05, 3.63) is 95.9 Å². The van der Waals surface area contributed by atoms with Crippen LogP contribution in [0.2, 0.25) is 10.0 Å². The maximum absolute atomic E-state index is 12.8. The molecule has 10 heteroatoms. The summed E-state index contributed by atoms with van der Waals surface area (Å²) in [7, 11) is 1.66. The summed E-state index contributed by atoms with van der Waals surface area (Å²) >= 11 is 15.6. The number of carbonyl (C=O) groups excluding carboxylic acids is 1. The fourth-order valence-electron chi connectivity index (χ4n) is 3.11. The van der Waals surface area contributed by atoms with Crippen molar-refractivity contribution < 1.29 is 19.4 Å². The number of amidine groups is 1. The largest absolute Gasteiger partial charge is 0.488 e. The molecule has 1 saturated heterocycles. The van der Waals surface area contributed by atoms with Crippen molar-refractivity contribution in [1.82, 2.24) is 4.90 Å². The fraction of sp³-hybridized carbons (Fsp3) is 0.0800. The van der Waals surface area contributed by atoms with Gasteiger partial charge in [0.15, 0.2) is 5.17 Å². The normalized spacial score (nSPS) is 15.8. The van der Waals surface area contributed by atoms with E-state index in [0.717, 1.165) is 14.7 Å². The second kappa shape index (κ2) is 11.0. The summed E-state index contributed by atoms with van der Waals surface area (Å²) in [4.78, 5) is 30.3. The molecule has 0 aliphatic carbocycles. The van der Waals surface area contributed by atoms with Crippen LogP contribution >= 0.6 is 57.6 Å². The number of carboxylic acid groups (broad SMARTS) is 1. The van der Waals surface area contributed by atoms with Crippen LogP contribution < -0.4 is 4.74 Å². The lowest BCUT2D eigenvalue weighted by Gasteiger charge is -2.10. The first-order valence-corrected chi connectivity index (χ1v) is 12.8. The monoisotopic (exact) mass is 638 g/mol. The number of thioether (sulfide) groups is 1. The Balaban J connectivity index is 1.48. The van der Waals surface area contributed by atoms with Crippen LogP contribution in [-0.2, 0) is 11.4 Å². The number of nitrogens with zero attached hydrogens (tertiary/aromatic N) is 2. The van der Waals surface area contributed by atoms with Crippen molar-refractivity contribution in [3.8, 4) is 5.75 Å². The molecule has 0 saturated carbocycles. The van der Waals surface area contributed by atoms with E-state index in [9.17, 15) is 9.59 Å². The summed E-state index contributed by atoms with van der Waals surface area (Å²) in [6.07, 6.45) is 1.81. The van der Waals surface area contributed by atoms with Crippen LogP contribution in [-0.4, -0.2) is 34.1 Å². The molecule has 0 unspecified atom stereocenters. The van der Waals surface area contributed by atoms with Gasteiger partial charge in [0.1, 0.15) is 12.4 Å². The highest BCUT2D eigenvalue weighted by molar-refractivity contribution is 14.1. The summed E-state index contributed by atoms with van der Waals surface area (Å²) in [6.45, 7) is 0.304. The number of halogens is 3. The molecule has 1 N–H and O–H groups in total. The summed E-state index contributed by atoms with van der Waals surface area (Å²) in [6, 6.07) is 17.1. The molecule has 1 aliphatic heterocycles. The second-order valence-corrected chi connectivity index (χ2v) is 10.5. The van der Waals surface area contributed by atoms with Crippen molar-refractivity contribution in [2.24, 2.45) is 4.99 Å².